The summed E-state index contributed by atoms with van der Waals surface area (Å²) >= 11 is 0. The van der Waals surface area contributed by atoms with E-state index in [0.29, 0.717) is 17.9 Å². The van der Waals surface area contributed by atoms with E-state index < -0.39 is 0 Å². The summed E-state index contributed by atoms with van der Waals surface area (Å²) in [6.07, 6.45) is 6.13. The summed E-state index contributed by atoms with van der Waals surface area (Å²) in [5.74, 6) is 1.14. The van der Waals surface area contributed by atoms with Crippen LogP contribution in [0.25, 0.3) is 0 Å². The molecule has 1 saturated carbocycles. The van der Waals surface area contributed by atoms with Crippen molar-refractivity contribution in [2.45, 2.75) is 51.5 Å². The van der Waals surface area contributed by atoms with Gasteiger partial charge in [-0.25, -0.2) is 0 Å². The predicted molar refractivity (Wildman–Crippen MR) is 75.7 cm³/mol. The zero-order valence-electron chi connectivity index (χ0n) is 12.0. The summed E-state index contributed by atoms with van der Waals surface area (Å²) < 4.78 is 5.12. The van der Waals surface area contributed by atoms with Crippen molar-refractivity contribution < 1.29 is 4.74 Å². The minimum absolute atomic E-state index is 0.0775. The Morgan fingerprint density at radius 3 is 2.42 bits per heavy atom. The minimum atomic E-state index is 0.0775. The molecule has 0 spiro atoms. The average molecular weight is 265 g/mol. The first-order chi connectivity index (χ1) is 9.15. The van der Waals surface area contributed by atoms with Crippen molar-refractivity contribution in [2.75, 3.05) is 24.3 Å². The van der Waals surface area contributed by atoms with Gasteiger partial charge >= 0.3 is 6.01 Å². The van der Waals surface area contributed by atoms with Crippen LogP contribution in [0.4, 0.5) is 11.9 Å². The monoisotopic (exact) mass is 265 g/mol. The molecule has 106 valence electrons. The van der Waals surface area contributed by atoms with E-state index >= 15 is 0 Å². The summed E-state index contributed by atoms with van der Waals surface area (Å²) in [6, 6.07) is 0.341. The molecule has 0 amide bonds. The Labute approximate surface area is 114 Å². The Hall–Kier alpha value is -1.59. The van der Waals surface area contributed by atoms with E-state index in [1.54, 1.807) is 7.11 Å². The molecule has 0 bridgehead atoms. The lowest BCUT2D eigenvalue weighted by atomic mass is 9.83. The van der Waals surface area contributed by atoms with Crippen LogP contribution in [0.5, 0.6) is 6.01 Å². The molecule has 0 aliphatic heterocycles. The van der Waals surface area contributed by atoms with Gasteiger partial charge in [-0.15, -0.1) is 0 Å². The molecule has 2 rings (SSSR count). The zero-order chi connectivity index (χ0) is 13.7. The van der Waals surface area contributed by atoms with Crippen LogP contribution >= 0.6 is 0 Å². The number of hydrogen-bond donors (Lipinski definition) is 2. The number of hydrogen-bond acceptors (Lipinski definition) is 6. The second kappa shape index (κ2) is 6.04. The first-order valence-corrected chi connectivity index (χ1v) is 6.97. The molecule has 6 nitrogen and oxygen atoms in total. The first kappa shape index (κ1) is 13.8. The second-order valence-corrected chi connectivity index (χ2v) is 5.25. The van der Waals surface area contributed by atoms with Crippen LogP contribution in [0.1, 0.15) is 46.0 Å². The van der Waals surface area contributed by atoms with Gasteiger partial charge in [0.05, 0.1) is 7.11 Å². The van der Waals surface area contributed by atoms with Gasteiger partial charge in [0.25, 0.3) is 0 Å². The Morgan fingerprint density at radius 2 is 1.79 bits per heavy atom. The maximum Gasteiger partial charge on any atom is 0.322 e. The molecule has 1 aromatic rings. The van der Waals surface area contributed by atoms with Crippen molar-refractivity contribution in [3.8, 4) is 6.01 Å². The van der Waals surface area contributed by atoms with Crippen LogP contribution in [0.3, 0.4) is 0 Å². The number of anilines is 2. The van der Waals surface area contributed by atoms with Crippen molar-refractivity contribution in [2.24, 2.45) is 0 Å². The molecule has 19 heavy (non-hydrogen) atoms. The molecule has 2 N–H and O–H groups in total. The fourth-order valence-electron chi connectivity index (χ4n) is 2.47. The SMILES string of the molecule is CCNc1nc(NC2(C)CCCCC2)nc(OC)n1. The van der Waals surface area contributed by atoms with Crippen molar-refractivity contribution in [1.82, 2.24) is 15.0 Å². The first-order valence-electron chi connectivity index (χ1n) is 6.97. The highest BCUT2D eigenvalue weighted by Crippen LogP contribution is 2.30. The van der Waals surface area contributed by atoms with Gasteiger partial charge in [0.1, 0.15) is 0 Å². The Balaban J connectivity index is 2.16. The molecule has 0 aromatic carbocycles. The highest BCUT2D eigenvalue weighted by molar-refractivity contribution is 5.37. The molecular weight excluding hydrogens is 242 g/mol. The Morgan fingerprint density at radius 1 is 1.11 bits per heavy atom. The normalized spacial score (nSPS) is 17.8. The van der Waals surface area contributed by atoms with Gasteiger partial charge < -0.3 is 15.4 Å². The van der Waals surface area contributed by atoms with Gasteiger partial charge in [0.2, 0.25) is 11.9 Å². The smallest absolute Gasteiger partial charge is 0.322 e. The molecule has 1 fully saturated rings. The highest BCUT2D eigenvalue weighted by Gasteiger charge is 2.27. The van der Waals surface area contributed by atoms with Crippen LogP contribution in [-0.2, 0) is 0 Å². The third-order valence-electron chi connectivity index (χ3n) is 3.50. The highest BCUT2D eigenvalue weighted by atomic mass is 16.5. The van der Waals surface area contributed by atoms with Crippen LogP contribution in [-0.4, -0.2) is 34.1 Å². The lowest BCUT2D eigenvalue weighted by molar-refractivity contribution is 0.345. The molecule has 1 aromatic heterocycles. The molecule has 0 saturated heterocycles. The largest absolute Gasteiger partial charge is 0.467 e. The molecule has 0 radical (unpaired) electrons. The number of methoxy groups -OCH3 is 1. The average Bonchev–Trinajstić information content (AvgIpc) is 2.39. The third kappa shape index (κ3) is 3.68. The molecule has 0 atom stereocenters. The number of aromatic nitrogens is 3. The fourth-order valence-corrected chi connectivity index (χ4v) is 2.47. The quantitative estimate of drug-likeness (QED) is 0.852. The molecule has 1 aliphatic rings. The fraction of sp³-hybridized carbons (Fsp3) is 0.769. The Kier molecular flexibility index (Phi) is 4.39. The van der Waals surface area contributed by atoms with E-state index in [9.17, 15) is 0 Å². The lowest BCUT2D eigenvalue weighted by Crippen LogP contribution is -2.37. The summed E-state index contributed by atoms with van der Waals surface area (Å²) in [4.78, 5) is 12.8. The minimum Gasteiger partial charge on any atom is -0.467 e. The van der Waals surface area contributed by atoms with Crippen molar-refractivity contribution in [3.63, 3.8) is 0 Å². The number of nitrogens with one attached hydrogen (secondary N) is 2. The van der Waals surface area contributed by atoms with Crippen LogP contribution in [0.2, 0.25) is 0 Å². The van der Waals surface area contributed by atoms with E-state index in [1.165, 1.54) is 19.3 Å². The summed E-state index contributed by atoms with van der Waals surface area (Å²) in [5.41, 5.74) is 0.0775. The van der Waals surface area contributed by atoms with Crippen LogP contribution in [0.15, 0.2) is 0 Å². The molecular formula is C13H23N5O. The number of nitrogens with zero attached hydrogens (tertiary/aromatic N) is 3. The van der Waals surface area contributed by atoms with Gasteiger partial charge in [-0.2, -0.15) is 15.0 Å². The third-order valence-corrected chi connectivity index (χ3v) is 3.50. The van der Waals surface area contributed by atoms with Crippen LogP contribution in [0, 0.1) is 0 Å². The topological polar surface area (TPSA) is 72.0 Å². The van der Waals surface area contributed by atoms with Gasteiger partial charge in [-0.05, 0) is 26.7 Å². The summed E-state index contributed by atoms with van der Waals surface area (Å²) in [5, 5.41) is 6.54. The molecule has 1 aliphatic carbocycles. The predicted octanol–water partition coefficient (Wildman–Crippen LogP) is 2.45. The van der Waals surface area contributed by atoms with E-state index in [-0.39, 0.29) is 5.54 Å². The van der Waals surface area contributed by atoms with Crippen LogP contribution < -0.4 is 15.4 Å². The van der Waals surface area contributed by atoms with Crippen molar-refractivity contribution in [1.29, 1.82) is 0 Å². The maximum absolute atomic E-state index is 5.12. The molecule has 0 unspecified atom stereocenters. The number of rotatable bonds is 5. The number of ether oxygens (including phenoxy) is 1. The summed E-state index contributed by atoms with van der Waals surface area (Å²) in [7, 11) is 1.57. The summed E-state index contributed by atoms with van der Waals surface area (Å²) in [6.45, 7) is 5.00. The second-order valence-electron chi connectivity index (χ2n) is 5.25. The molecule has 1 heterocycles. The van der Waals surface area contributed by atoms with Crippen molar-refractivity contribution >= 4 is 11.9 Å². The maximum atomic E-state index is 5.12. The van der Waals surface area contributed by atoms with Crippen molar-refractivity contribution in [3.05, 3.63) is 0 Å². The zero-order valence-corrected chi connectivity index (χ0v) is 12.0. The standard InChI is InChI=1S/C13H23N5O/c1-4-14-10-15-11(17-12(16-10)19-3)18-13(2)8-6-5-7-9-13/h4-9H2,1-3H3,(H2,14,15,16,17,18). The van der Waals surface area contributed by atoms with Gasteiger partial charge in [-0.3, -0.25) is 0 Å². The van der Waals surface area contributed by atoms with E-state index in [0.717, 1.165) is 19.4 Å². The van der Waals surface area contributed by atoms with Gasteiger partial charge in [-0.1, -0.05) is 19.3 Å². The van der Waals surface area contributed by atoms with Gasteiger partial charge in [0, 0.05) is 12.1 Å². The van der Waals surface area contributed by atoms with Gasteiger partial charge in [0.15, 0.2) is 0 Å². The Bertz CT molecular complexity index is 417. The van der Waals surface area contributed by atoms with E-state index in [1.807, 2.05) is 6.92 Å². The van der Waals surface area contributed by atoms with E-state index in [2.05, 4.69) is 32.5 Å². The van der Waals surface area contributed by atoms with E-state index in [4.69, 9.17) is 4.74 Å². The molecule has 6 heteroatoms. The lowest BCUT2D eigenvalue weighted by Gasteiger charge is -2.34.